The van der Waals surface area contributed by atoms with Crippen molar-refractivity contribution in [2.75, 3.05) is 50.9 Å². The first kappa shape index (κ1) is 21.7. The summed E-state index contributed by atoms with van der Waals surface area (Å²) in [6, 6.07) is 12.5. The normalized spacial score (nSPS) is 15.1. The summed E-state index contributed by atoms with van der Waals surface area (Å²) in [5, 5.41) is 7.12. The van der Waals surface area contributed by atoms with E-state index in [0.717, 1.165) is 65.8 Å². The lowest BCUT2D eigenvalue weighted by molar-refractivity contribution is 0.148. The molecule has 1 fully saturated rings. The summed E-state index contributed by atoms with van der Waals surface area (Å²) in [6.45, 7) is 5.29. The number of likely N-dealkylation sites (N-methyl/N-ethyl adjacent to an activating group) is 1. The van der Waals surface area contributed by atoms with Gasteiger partial charge in [0.1, 0.15) is 27.8 Å². The van der Waals surface area contributed by atoms with Gasteiger partial charge in [-0.2, -0.15) is 0 Å². The Bertz CT molecular complexity index is 1230. The zero-order valence-corrected chi connectivity index (χ0v) is 19.5. The van der Waals surface area contributed by atoms with Gasteiger partial charge in [-0.15, -0.1) is 0 Å². The minimum Gasteiger partial charge on any atom is -0.373 e. The zero-order chi connectivity index (χ0) is 22.8. The van der Waals surface area contributed by atoms with Gasteiger partial charge in [-0.1, -0.05) is 29.5 Å². The highest BCUT2D eigenvalue weighted by molar-refractivity contribution is 7.21. The standard InChI is InChI=1S/C24H26FN7S/c1-26-21-13-19(17-4-6-18(25)7-5-17)22-23(28-21)33-24(30-22)29-20-8-3-16(14-27-20)15-32-11-9-31(2)10-12-32/h3-8,13-14H,9-12,15H2,1-2H3,(H,26,28)(H,27,29,30). The van der Waals surface area contributed by atoms with Crippen molar-refractivity contribution in [2.24, 2.45) is 0 Å². The van der Waals surface area contributed by atoms with Gasteiger partial charge in [0.15, 0.2) is 5.13 Å². The zero-order valence-electron chi connectivity index (χ0n) is 18.7. The topological polar surface area (TPSA) is 69.2 Å². The number of benzene rings is 1. The van der Waals surface area contributed by atoms with Crippen molar-refractivity contribution in [2.45, 2.75) is 6.54 Å². The van der Waals surface area contributed by atoms with Gasteiger partial charge in [-0.05, 0) is 42.4 Å². The van der Waals surface area contributed by atoms with E-state index in [2.05, 4.69) is 43.5 Å². The lowest BCUT2D eigenvalue weighted by atomic mass is 10.1. The third-order valence-electron chi connectivity index (χ3n) is 5.84. The molecule has 0 saturated carbocycles. The van der Waals surface area contributed by atoms with E-state index < -0.39 is 0 Å². The van der Waals surface area contributed by atoms with Crippen LogP contribution in [0.5, 0.6) is 0 Å². The van der Waals surface area contributed by atoms with Crippen LogP contribution in [0, 0.1) is 5.82 Å². The fraction of sp³-hybridized carbons (Fsp3) is 0.292. The lowest BCUT2D eigenvalue weighted by Gasteiger charge is -2.32. The van der Waals surface area contributed by atoms with E-state index in [1.807, 2.05) is 25.4 Å². The highest BCUT2D eigenvalue weighted by Crippen LogP contribution is 2.35. The molecule has 7 nitrogen and oxygen atoms in total. The van der Waals surface area contributed by atoms with E-state index in [1.54, 1.807) is 12.1 Å². The van der Waals surface area contributed by atoms with Gasteiger partial charge < -0.3 is 15.5 Å². The Morgan fingerprint density at radius 3 is 2.48 bits per heavy atom. The minimum atomic E-state index is -0.263. The number of pyridine rings is 2. The molecule has 1 aliphatic rings. The van der Waals surface area contributed by atoms with Crippen molar-refractivity contribution in [3.8, 4) is 11.1 Å². The molecule has 3 aromatic heterocycles. The highest BCUT2D eigenvalue weighted by Gasteiger charge is 2.15. The third-order valence-corrected chi connectivity index (χ3v) is 6.71. The molecule has 0 amide bonds. The van der Waals surface area contributed by atoms with Gasteiger partial charge in [0.05, 0.1) is 0 Å². The molecule has 4 aromatic rings. The van der Waals surface area contributed by atoms with E-state index in [-0.39, 0.29) is 5.82 Å². The van der Waals surface area contributed by atoms with Crippen LogP contribution in [-0.2, 0) is 6.54 Å². The molecule has 5 rings (SSSR count). The quantitative estimate of drug-likeness (QED) is 0.439. The number of aromatic nitrogens is 3. The summed E-state index contributed by atoms with van der Waals surface area (Å²) in [7, 11) is 4.00. The van der Waals surface area contributed by atoms with Gasteiger partial charge in [0.2, 0.25) is 0 Å². The second-order valence-electron chi connectivity index (χ2n) is 8.24. The number of nitrogens with zero attached hydrogens (tertiary/aromatic N) is 5. The van der Waals surface area contributed by atoms with Gasteiger partial charge in [0.25, 0.3) is 0 Å². The average molecular weight is 464 g/mol. The van der Waals surface area contributed by atoms with Crippen molar-refractivity contribution in [1.82, 2.24) is 24.8 Å². The van der Waals surface area contributed by atoms with Crippen LogP contribution in [0.1, 0.15) is 5.56 Å². The number of hydrogen-bond acceptors (Lipinski definition) is 8. The summed E-state index contributed by atoms with van der Waals surface area (Å²) >= 11 is 1.47. The Balaban J connectivity index is 1.36. The average Bonchev–Trinajstić information content (AvgIpc) is 3.24. The fourth-order valence-corrected chi connectivity index (χ4v) is 4.78. The van der Waals surface area contributed by atoms with Crippen LogP contribution < -0.4 is 10.6 Å². The summed E-state index contributed by atoms with van der Waals surface area (Å²) < 4.78 is 13.4. The second kappa shape index (κ2) is 9.38. The van der Waals surface area contributed by atoms with Crippen LogP contribution in [0.15, 0.2) is 48.7 Å². The van der Waals surface area contributed by atoms with Crippen molar-refractivity contribution < 1.29 is 4.39 Å². The number of piperazine rings is 1. The molecule has 0 unspecified atom stereocenters. The van der Waals surface area contributed by atoms with Crippen LogP contribution in [0.3, 0.4) is 0 Å². The molecule has 0 radical (unpaired) electrons. The maximum atomic E-state index is 13.4. The van der Waals surface area contributed by atoms with E-state index in [1.165, 1.54) is 29.0 Å². The first-order chi connectivity index (χ1) is 16.1. The molecule has 1 aliphatic heterocycles. The van der Waals surface area contributed by atoms with Crippen LogP contribution in [0.25, 0.3) is 21.5 Å². The third kappa shape index (κ3) is 4.95. The van der Waals surface area contributed by atoms with E-state index in [4.69, 9.17) is 4.98 Å². The van der Waals surface area contributed by atoms with Crippen molar-refractivity contribution in [3.05, 3.63) is 60.0 Å². The minimum absolute atomic E-state index is 0.263. The monoisotopic (exact) mass is 463 g/mol. The first-order valence-corrected chi connectivity index (χ1v) is 11.8. The van der Waals surface area contributed by atoms with E-state index in [9.17, 15) is 4.39 Å². The van der Waals surface area contributed by atoms with Crippen LogP contribution in [-0.4, -0.2) is 65.0 Å². The van der Waals surface area contributed by atoms with Crippen molar-refractivity contribution in [3.63, 3.8) is 0 Å². The van der Waals surface area contributed by atoms with Crippen LogP contribution in [0.4, 0.5) is 21.2 Å². The summed E-state index contributed by atoms with van der Waals surface area (Å²) in [4.78, 5) is 19.6. The number of halogens is 1. The Morgan fingerprint density at radius 1 is 1.00 bits per heavy atom. The van der Waals surface area contributed by atoms with Gasteiger partial charge in [0, 0.05) is 51.5 Å². The SMILES string of the molecule is CNc1cc(-c2ccc(F)cc2)c2nc(Nc3ccc(CN4CCN(C)CC4)cn3)sc2n1. The first-order valence-electron chi connectivity index (χ1n) is 11.0. The molecule has 4 heterocycles. The summed E-state index contributed by atoms with van der Waals surface area (Å²) in [6.07, 6.45) is 1.93. The van der Waals surface area contributed by atoms with Crippen molar-refractivity contribution >= 4 is 38.5 Å². The van der Waals surface area contributed by atoms with Gasteiger partial charge >= 0.3 is 0 Å². The van der Waals surface area contributed by atoms with Crippen LogP contribution >= 0.6 is 11.3 Å². The second-order valence-corrected chi connectivity index (χ2v) is 9.22. The maximum absolute atomic E-state index is 13.4. The molecular formula is C24H26FN7S. The fourth-order valence-electron chi connectivity index (χ4n) is 3.91. The molecular weight excluding hydrogens is 437 g/mol. The Labute approximate surface area is 196 Å². The molecule has 0 aliphatic carbocycles. The maximum Gasteiger partial charge on any atom is 0.190 e. The Morgan fingerprint density at radius 2 is 1.79 bits per heavy atom. The van der Waals surface area contributed by atoms with Gasteiger partial charge in [-0.25, -0.2) is 19.3 Å². The predicted octanol–water partition coefficient (Wildman–Crippen LogP) is 4.43. The highest BCUT2D eigenvalue weighted by atomic mass is 32.1. The molecule has 1 aromatic carbocycles. The summed E-state index contributed by atoms with van der Waals surface area (Å²) in [5.74, 6) is 1.22. The number of anilines is 3. The number of hydrogen-bond donors (Lipinski definition) is 2. The van der Waals surface area contributed by atoms with Crippen LogP contribution in [0.2, 0.25) is 0 Å². The molecule has 0 spiro atoms. The van der Waals surface area contributed by atoms with Crippen molar-refractivity contribution in [1.29, 1.82) is 0 Å². The predicted molar refractivity (Wildman–Crippen MR) is 133 cm³/mol. The van der Waals surface area contributed by atoms with E-state index in [0.29, 0.717) is 5.13 Å². The number of rotatable bonds is 6. The largest absolute Gasteiger partial charge is 0.373 e. The Kier molecular flexibility index (Phi) is 6.17. The molecule has 170 valence electrons. The molecule has 1 saturated heterocycles. The molecule has 33 heavy (non-hydrogen) atoms. The molecule has 0 bridgehead atoms. The number of fused-ring (bicyclic) bond motifs is 1. The summed E-state index contributed by atoms with van der Waals surface area (Å²) in [5.41, 5.74) is 3.78. The number of thiazole rings is 1. The smallest absolute Gasteiger partial charge is 0.190 e. The molecule has 0 atom stereocenters. The molecule has 2 N–H and O–H groups in total. The number of nitrogens with one attached hydrogen (secondary N) is 2. The Hall–Kier alpha value is -3.14. The molecule has 9 heteroatoms. The van der Waals surface area contributed by atoms with E-state index >= 15 is 0 Å². The van der Waals surface area contributed by atoms with Gasteiger partial charge in [-0.3, -0.25) is 4.90 Å². The lowest BCUT2D eigenvalue weighted by Crippen LogP contribution is -2.43.